The number of anilines is 1. The average molecular weight is 337 g/mol. The van der Waals surface area contributed by atoms with Crippen LogP contribution in [0.1, 0.15) is 35.2 Å². The van der Waals surface area contributed by atoms with Crippen LogP contribution in [0.4, 0.5) is 5.82 Å². The fourth-order valence-electron chi connectivity index (χ4n) is 2.77. The van der Waals surface area contributed by atoms with Crippen LogP contribution in [0.3, 0.4) is 0 Å². The van der Waals surface area contributed by atoms with E-state index in [4.69, 9.17) is 0 Å². The van der Waals surface area contributed by atoms with Crippen LogP contribution in [0.15, 0.2) is 36.5 Å². The Labute approximate surface area is 147 Å². The molecule has 0 spiro atoms. The molecule has 2 heterocycles. The predicted molar refractivity (Wildman–Crippen MR) is 99.9 cm³/mol. The maximum Gasteiger partial charge on any atom is 0.270 e. The quantitative estimate of drug-likeness (QED) is 0.619. The summed E-state index contributed by atoms with van der Waals surface area (Å²) in [6.45, 7) is 5.25. The number of carbonyl (C=O) groups is 1. The van der Waals surface area contributed by atoms with Crippen LogP contribution in [0.2, 0.25) is 0 Å². The first kappa shape index (κ1) is 17.0. The highest BCUT2D eigenvalue weighted by Crippen LogP contribution is 2.17. The molecular formula is C19H23N5O. The first-order chi connectivity index (χ1) is 12.2. The number of benzene rings is 1. The summed E-state index contributed by atoms with van der Waals surface area (Å²) in [6.07, 6.45) is 3.76. The van der Waals surface area contributed by atoms with E-state index in [1.165, 1.54) is 10.9 Å². The number of hydrogen-bond acceptors (Lipinski definition) is 4. The van der Waals surface area contributed by atoms with Crippen molar-refractivity contribution < 1.29 is 4.79 Å². The van der Waals surface area contributed by atoms with Gasteiger partial charge in [0.15, 0.2) is 0 Å². The van der Waals surface area contributed by atoms with E-state index < -0.39 is 0 Å². The van der Waals surface area contributed by atoms with Gasteiger partial charge in [0.1, 0.15) is 17.3 Å². The summed E-state index contributed by atoms with van der Waals surface area (Å²) in [4.78, 5) is 24.2. The second-order valence-corrected chi connectivity index (χ2v) is 5.98. The lowest BCUT2D eigenvalue weighted by Gasteiger charge is -2.08. The van der Waals surface area contributed by atoms with Gasteiger partial charge in [0.25, 0.3) is 5.91 Å². The van der Waals surface area contributed by atoms with E-state index in [2.05, 4.69) is 38.6 Å². The van der Waals surface area contributed by atoms with Crippen molar-refractivity contribution in [1.29, 1.82) is 0 Å². The van der Waals surface area contributed by atoms with Gasteiger partial charge in [-0.05, 0) is 31.4 Å². The van der Waals surface area contributed by atoms with Gasteiger partial charge in [0.05, 0.1) is 0 Å². The van der Waals surface area contributed by atoms with Gasteiger partial charge >= 0.3 is 0 Å². The van der Waals surface area contributed by atoms with E-state index in [0.29, 0.717) is 23.9 Å². The summed E-state index contributed by atoms with van der Waals surface area (Å²) in [6, 6.07) is 9.86. The average Bonchev–Trinajstić information content (AvgIpc) is 3.03. The number of carbonyl (C=O) groups excluding carboxylic acids is 1. The maximum atomic E-state index is 12.4. The van der Waals surface area contributed by atoms with Gasteiger partial charge in [-0.1, -0.05) is 25.1 Å². The molecule has 6 nitrogen and oxygen atoms in total. The Morgan fingerprint density at radius 3 is 2.88 bits per heavy atom. The van der Waals surface area contributed by atoms with Crippen molar-refractivity contribution >= 4 is 22.6 Å². The van der Waals surface area contributed by atoms with Crippen molar-refractivity contribution in [3.63, 3.8) is 0 Å². The number of fused-ring (bicyclic) bond motifs is 1. The van der Waals surface area contributed by atoms with Crippen LogP contribution in [-0.4, -0.2) is 33.9 Å². The smallest absolute Gasteiger partial charge is 0.270 e. The van der Waals surface area contributed by atoms with Gasteiger partial charge in [-0.25, -0.2) is 9.97 Å². The van der Waals surface area contributed by atoms with E-state index in [1.54, 1.807) is 13.0 Å². The number of para-hydroxylation sites is 1. The highest BCUT2D eigenvalue weighted by molar-refractivity contribution is 5.93. The summed E-state index contributed by atoms with van der Waals surface area (Å²) in [7, 11) is 0. The number of amides is 1. The van der Waals surface area contributed by atoms with E-state index >= 15 is 0 Å². The number of aromatic nitrogens is 3. The molecule has 130 valence electrons. The van der Waals surface area contributed by atoms with Gasteiger partial charge in [-0.2, -0.15) is 0 Å². The van der Waals surface area contributed by atoms with E-state index in [-0.39, 0.29) is 5.91 Å². The molecule has 0 bridgehead atoms. The molecule has 0 aliphatic rings. The van der Waals surface area contributed by atoms with Crippen molar-refractivity contribution in [3.8, 4) is 0 Å². The Morgan fingerprint density at radius 1 is 1.20 bits per heavy atom. The minimum Gasteiger partial charge on any atom is -0.370 e. The number of hydrogen-bond donors (Lipinski definition) is 3. The lowest BCUT2D eigenvalue weighted by atomic mass is 10.1. The van der Waals surface area contributed by atoms with Crippen molar-refractivity contribution in [2.45, 2.75) is 26.7 Å². The van der Waals surface area contributed by atoms with Crippen molar-refractivity contribution in [2.75, 3.05) is 18.4 Å². The Balaban J connectivity index is 1.61. The summed E-state index contributed by atoms with van der Waals surface area (Å²) in [5, 5.41) is 7.33. The SMILES string of the molecule is CCCNc1cc(C(=O)NCCc2c[nH]c3ccccc23)nc(C)n1. The molecule has 1 aromatic carbocycles. The van der Waals surface area contributed by atoms with Crippen LogP contribution >= 0.6 is 0 Å². The first-order valence-corrected chi connectivity index (χ1v) is 8.60. The Morgan fingerprint density at radius 2 is 2.04 bits per heavy atom. The minimum absolute atomic E-state index is 0.176. The van der Waals surface area contributed by atoms with Gasteiger partial charge in [0.2, 0.25) is 0 Å². The highest BCUT2D eigenvalue weighted by atomic mass is 16.1. The number of rotatable bonds is 7. The van der Waals surface area contributed by atoms with Crippen molar-refractivity contribution in [1.82, 2.24) is 20.3 Å². The minimum atomic E-state index is -0.176. The van der Waals surface area contributed by atoms with Crippen molar-refractivity contribution in [3.05, 3.63) is 53.6 Å². The molecule has 0 fully saturated rings. The fraction of sp³-hybridized carbons (Fsp3) is 0.316. The van der Waals surface area contributed by atoms with E-state index in [9.17, 15) is 4.79 Å². The van der Waals surface area contributed by atoms with Gasteiger partial charge < -0.3 is 15.6 Å². The summed E-state index contributed by atoms with van der Waals surface area (Å²) >= 11 is 0. The third kappa shape index (κ3) is 4.15. The molecule has 3 rings (SSSR count). The molecule has 0 aliphatic heterocycles. The fourth-order valence-corrected chi connectivity index (χ4v) is 2.77. The number of aryl methyl sites for hydroxylation is 1. The van der Waals surface area contributed by atoms with Crippen LogP contribution in [0.5, 0.6) is 0 Å². The maximum absolute atomic E-state index is 12.4. The number of H-pyrrole nitrogens is 1. The normalized spacial score (nSPS) is 10.8. The predicted octanol–water partition coefficient (Wildman–Crippen LogP) is 3.06. The lowest BCUT2D eigenvalue weighted by molar-refractivity contribution is 0.0949. The van der Waals surface area contributed by atoms with Crippen LogP contribution in [-0.2, 0) is 6.42 Å². The molecule has 0 radical (unpaired) electrons. The third-order valence-corrected chi connectivity index (χ3v) is 3.98. The number of aromatic amines is 1. The molecule has 25 heavy (non-hydrogen) atoms. The summed E-state index contributed by atoms with van der Waals surface area (Å²) < 4.78 is 0. The zero-order chi connectivity index (χ0) is 17.6. The monoisotopic (exact) mass is 337 g/mol. The standard InChI is InChI=1S/C19H23N5O/c1-3-9-20-18-11-17(23-13(2)24-18)19(25)21-10-8-14-12-22-16-7-5-4-6-15(14)16/h4-7,11-12,22H,3,8-10H2,1-2H3,(H,21,25)(H,20,23,24). The molecule has 2 aromatic heterocycles. The van der Waals surface area contributed by atoms with Gasteiger partial charge in [0, 0.05) is 36.3 Å². The summed E-state index contributed by atoms with van der Waals surface area (Å²) in [5.74, 6) is 1.10. The van der Waals surface area contributed by atoms with Crippen LogP contribution in [0, 0.1) is 6.92 Å². The van der Waals surface area contributed by atoms with E-state index in [0.717, 1.165) is 24.9 Å². The zero-order valence-electron chi connectivity index (χ0n) is 14.6. The molecule has 3 aromatic rings. The largest absolute Gasteiger partial charge is 0.370 e. The van der Waals surface area contributed by atoms with Gasteiger partial charge in [-0.3, -0.25) is 4.79 Å². The zero-order valence-corrected chi connectivity index (χ0v) is 14.6. The molecular weight excluding hydrogens is 314 g/mol. The lowest BCUT2D eigenvalue weighted by Crippen LogP contribution is -2.27. The molecule has 3 N–H and O–H groups in total. The number of nitrogens with one attached hydrogen (secondary N) is 3. The molecule has 1 amide bonds. The Bertz CT molecular complexity index is 871. The Hall–Kier alpha value is -2.89. The molecule has 0 aliphatic carbocycles. The van der Waals surface area contributed by atoms with Crippen LogP contribution in [0.25, 0.3) is 10.9 Å². The highest BCUT2D eigenvalue weighted by Gasteiger charge is 2.10. The topological polar surface area (TPSA) is 82.7 Å². The van der Waals surface area contributed by atoms with E-state index in [1.807, 2.05) is 24.4 Å². The first-order valence-electron chi connectivity index (χ1n) is 8.60. The molecule has 0 atom stereocenters. The second kappa shape index (κ2) is 7.79. The summed E-state index contributed by atoms with van der Waals surface area (Å²) in [5.41, 5.74) is 2.70. The third-order valence-electron chi connectivity index (χ3n) is 3.98. The molecule has 6 heteroatoms. The van der Waals surface area contributed by atoms with Crippen LogP contribution < -0.4 is 10.6 Å². The molecule has 0 unspecified atom stereocenters. The Kier molecular flexibility index (Phi) is 5.28. The molecule has 0 saturated heterocycles. The second-order valence-electron chi connectivity index (χ2n) is 5.98. The molecule has 0 saturated carbocycles. The van der Waals surface area contributed by atoms with Gasteiger partial charge in [-0.15, -0.1) is 0 Å². The van der Waals surface area contributed by atoms with Crippen molar-refractivity contribution in [2.24, 2.45) is 0 Å². The number of nitrogens with zero attached hydrogens (tertiary/aromatic N) is 2.